The number of amidine groups is 1. The van der Waals surface area contributed by atoms with E-state index in [1.54, 1.807) is 12.0 Å². The molecule has 0 bridgehead atoms. The first kappa shape index (κ1) is 16.2. The molecule has 25 heavy (non-hydrogen) atoms. The molecule has 2 aliphatic rings. The highest BCUT2D eigenvalue weighted by atomic mass is 35.5. The molecule has 0 aliphatic carbocycles. The number of hydrogen-bond acceptors (Lipinski definition) is 4. The Morgan fingerprint density at radius 1 is 1.16 bits per heavy atom. The van der Waals surface area contributed by atoms with E-state index in [2.05, 4.69) is 4.99 Å². The normalized spacial score (nSPS) is 19.4. The van der Waals surface area contributed by atoms with Gasteiger partial charge in [-0.15, -0.1) is 0 Å². The molecule has 2 aliphatic heterocycles. The second-order valence-electron chi connectivity index (χ2n) is 5.72. The van der Waals surface area contributed by atoms with Crippen LogP contribution in [0, 0.1) is 0 Å². The van der Waals surface area contributed by atoms with Crippen LogP contribution in [0.4, 0.5) is 0 Å². The molecule has 4 nitrogen and oxygen atoms in total. The average Bonchev–Trinajstić information content (AvgIpc) is 3.03. The zero-order valence-electron chi connectivity index (χ0n) is 13.5. The Balaban J connectivity index is 1.77. The van der Waals surface area contributed by atoms with Gasteiger partial charge in [-0.3, -0.25) is 9.69 Å². The van der Waals surface area contributed by atoms with Crippen LogP contribution in [-0.4, -0.2) is 28.8 Å². The number of fused-ring (bicyclic) bond motifs is 1. The van der Waals surface area contributed by atoms with Crippen molar-refractivity contribution in [3.63, 3.8) is 0 Å². The quantitative estimate of drug-likeness (QED) is 0.805. The number of aliphatic imine (C=N–C) groups is 1. The van der Waals surface area contributed by atoms with Crippen molar-refractivity contribution >= 4 is 40.1 Å². The van der Waals surface area contributed by atoms with E-state index in [9.17, 15) is 4.79 Å². The van der Waals surface area contributed by atoms with E-state index in [0.717, 1.165) is 27.7 Å². The summed E-state index contributed by atoms with van der Waals surface area (Å²) < 4.78 is 5.23. The first-order valence-electron chi connectivity index (χ1n) is 7.81. The number of carbonyl (C=O) groups is 1. The van der Waals surface area contributed by atoms with Crippen LogP contribution in [-0.2, 0) is 4.79 Å². The highest BCUT2D eigenvalue weighted by Crippen LogP contribution is 2.38. The third kappa shape index (κ3) is 3.05. The van der Waals surface area contributed by atoms with E-state index in [1.165, 1.54) is 11.8 Å². The second-order valence-corrected chi connectivity index (χ2v) is 7.10. The Kier molecular flexibility index (Phi) is 4.27. The van der Waals surface area contributed by atoms with Crippen molar-refractivity contribution in [2.75, 3.05) is 12.9 Å². The summed E-state index contributed by atoms with van der Waals surface area (Å²) in [4.78, 5) is 18.8. The molecule has 1 amide bonds. The standard InChI is InChI=1S/C19H15ClN2O2S/c1-24-15-8-4-13(5-9-15)17-10-16(12-2-6-14(20)7-3-12)21-19-22(17)18(23)11-25-19/h2-10,17H,11H2,1H3. The number of thioether (sulfide) groups is 1. The highest BCUT2D eigenvalue weighted by Gasteiger charge is 2.37. The van der Waals surface area contributed by atoms with Crippen LogP contribution >= 0.6 is 23.4 Å². The molecule has 1 unspecified atom stereocenters. The lowest BCUT2D eigenvalue weighted by molar-refractivity contribution is -0.125. The van der Waals surface area contributed by atoms with Gasteiger partial charge in [0, 0.05) is 10.6 Å². The maximum Gasteiger partial charge on any atom is 0.239 e. The summed E-state index contributed by atoms with van der Waals surface area (Å²) >= 11 is 7.46. The van der Waals surface area contributed by atoms with Crippen LogP contribution in [0.1, 0.15) is 17.2 Å². The summed E-state index contributed by atoms with van der Waals surface area (Å²) in [5, 5.41) is 1.44. The molecule has 6 heteroatoms. The maximum absolute atomic E-state index is 12.4. The van der Waals surface area contributed by atoms with E-state index < -0.39 is 0 Å². The fourth-order valence-electron chi connectivity index (χ4n) is 2.92. The molecule has 0 N–H and O–H groups in total. The van der Waals surface area contributed by atoms with Gasteiger partial charge in [0.2, 0.25) is 5.91 Å². The Labute approximate surface area is 155 Å². The lowest BCUT2D eigenvalue weighted by atomic mass is 10.0. The number of carbonyl (C=O) groups excluding carboxylic acids is 1. The van der Waals surface area contributed by atoms with E-state index in [-0.39, 0.29) is 11.9 Å². The maximum atomic E-state index is 12.4. The highest BCUT2D eigenvalue weighted by molar-refractivity contribution is 8.15. The molecule has 1 atom stereocenters. The van der Waals surface area contributed by atoms with E-state index in [1.807, 2.05) is 54.6 Å². The van der Waals surface area contributed by atoms with Gasteiger partial charge in [0.1, 0.15) is 5.75 Å². The number of methoxy groups -OCH3 is 1. The summed E-state index contributed by atoms with van der Waals surface area (Å²) in [6, 6.07) is 15.2. The molecule has 0 aromatic heterocycles. The fraction of sp³-hybridized carbons (Fsp3) is 0.158. The average molecular weight is 371 g/mol. The molecule has 1 saturated heterocycles. The molecular formula is C19H15ClN2O2S. The fourth-order valence-corrected chi connectivity index (χ4v) is 3.96. The zero-order chi connectivity index (χ0) is 17.4. The molecule has 4 rings (SSSR count). The number of halogens is 1. The van der Waals surface area contributed by atoms with Gasteiger partial charge < -0.3 is 4.74 Å². The monoisotopic (exact) mass is 370 g/mol. The summed E-state index contributed by atoms with van der Waals surface area (Å²) in [6.07, 6.45) is 2.03. The second kappa shape index (κ2) is 6.58. The molecule has 2 aromatic rings. The lowest BCUT2D eigenvalue weighted by Crippen LogP contribution is -2.34. The van der Waals surface area contributed by atoms with Crippen molar-refractivity contribution in [3.05, 3.63) is 70.8 Å². The third-order valence-electron chi connectivity index (χ3n) is 4.21. The van der Waals surface area contributed by atoms with E-state index >= 15 is 0 Å². The van der Waals surface area contributed by atoms with Gasteiger partial charge in [-0.1, -0.05) is 47.6 Å². The Morgan fingerprint density at radius 3 is 2.56 bits per heavy atom. The Morgan fingerprint density at radius 2 is 1.88 bits per heavy atom. The topological polar surface area (TPSA) is 41.9 Å². The minimum atomic E-state index is -0.174. The van der Waals surface area contributed by atoms with Gasteiger partial charge in [0.15, 0.2) is 5.17 Å². The van der Waals surface area contributed by atoms with Crippen LogP contribution in [0.5, 0.6) is 5.75 Å². The molecule has 126 valence electrons. The number of ether oxygens (including phenoxy) is 1. The van der Waals surface area contributed by atoms with Crippen LogP contribution in [0.3, 0.4) is 0 Å². The number of benzene rings is 2. The predicted molar refractivity (Wildman–Crippen MR) is 102 cm³/mol. The number of nitrogens with zero attached hydrogens (tertiary/aromatic N) is 2. The summed E-state index contributed by atoms with van der Waals surface area (Å²) in [6.45, 7) is 0. The SMILES string of the molecule is COc1ccc(C2C=C(c3ccc(Cl)cc3)N=C3SCC(=O)N32)cc1. The Bertz CT molecular complexity index is 875. The predicted octanol–water partition coefficient (Wildman–Crippen LogP) is 4.38. The molecule has 0 spiro atoms. The smallest absolute Gasteiger partial charge is 0.239 e. The van der Waals surface area contributed by atoms with Crippen LogP contribution in [0.25, 0.3) is 5.70 Å². The van der Waals surface area contributed by atoms with Gasteiger partial charge >= 0.3 is 0 Å². The minimum Gasteiger partial charge on any atom is -0.497 e. The van der Waals surface area contributed by atoms with Crippen molar-refractivity contribution in [1.29, 1.82) is 0 Å². The molecule has 2 aromatic carbocycles. The largest absolute Gasteiger partial charge is 0.497 e. The van der Waals surface area contributed by atoms with Crippen molar-refractivity contribution < 1.29 is 9.53 Å². The summed E-state index contributed by atoms with van der Waals surface area (Å²) in [5.41, 5.74) is 2.86. The molecule has 0 saturated carbocycles. The summed E-state index contributed by atoms with van der Waals surface area (Å²) in [7, 11) is 1.64. The first-order chi connectivity index (χ1) is 12.2. The number of hydrogen-bond donors (Lipinski definition) is 0. The molecule has 2 heterocycles. The van der Waals surface area contributed by atoms with Crippen LogP contribution < -0.4 is 4.74 Å². The van der Waals surface area contributed by atoms with Crippen LogP contribution in [0.15, 0.2) is 59.6 Å². The number of amides is 1. The lowest BCUT2D eigenvalue weighted by Gasteiger charge is -2.29. The van der Waals surface area contributed by atoms with Crippen LogP contribution in [0.2, 0.25) is 5.02 Å². The minimum absolute atomic E-state index is 0.0796. The van der Waals surface area contributed by atoms with Gasteiger partial charge in [-0.25, -0.2) is 4.99 Å². The van der Waals surface area contributed by atoms with Crippen molar-refractivity contribution in [3.8, 4) is 5.75 Å². The van der Waals surface area contributed by atoms with E-state index in [4.69, 9.17) is 16.3 Å². The Hall–Kier alpha value is -2.24. The van der Waals surface area contributed by atoms with Crippen molar-refractivity contribution in [1.82, 2.24) is 4.90 Å². The first-order valence-corrected chi connectivity index (χ1v) is 9.17. The van der Waals surface area contributed by atoms with Gasteiger partial charge in [-0.05, 0) is 35.9 Å². The van der Waals surface area contributed by atoms with Crippen molar-refractivity contribution in [2.24, 2.45) is 4.99 Å². The van der Waals surface area contributed by atoms with Gasteiger partial charge in [0.25, 0.3) is 0 Å². The zero-order valence-corrected chi connectivity index (χ0v) is 15.1. The molecule has 0 radical (unpaired) electrons. The molecular weight excluding hydrogens is 356 g/mol. The van der Waals surface area contributed by atoms with Crippen molar-refractivity contribution in [2.45, 2.75) is 6.04 Å². The van der Waals surface area contributed by atoms with Gasteiger partial charge in [-0.2, -0.15) is 0 Å². The number of rotatable bonds is 3. The van der Waals surface area contributed by atoms with E-state index in [0.29, 0.717) is 10.8 Å². The van der Waals surface area contributed by atoms with Gasteiger partial charge in [0.05, 0.1) is 24.6 Å². The summed E-state index contributed by atoms with van der Waals surface area (Å²) in [5.74, 6) is 1.29. The molecule has 1 fully saturated rings. The third-order valence-corrected chi connectivity index (χ3v) is 5.40.